The number of piperazine rings is 1. The van der Waals surface area contributed by atoms with E-state index in [9.17, 15) is 0 Å². The summed E-state index contributed by atoms with van der Waals surface area (Å²) in [6.45, 7) is 10.7. The van der Waals surface area contributed by atoms with E-state index in [0.29, 0.717) is 0 Å². The molecule has 0 aliphatic carbocycles. The molecule has 1 aliphatic rings. The van der Waals surface area contributed by atoms with Crippen LogP contribution in [0.2, 0.25) is 0 Å². The number of nitrogens with zero attached hydrogens (tertiary/aromatic N) is 1. The second-order valence-corrected chi connectivity index (χ2v) is 5.88. The van der Waals surface area contributed by atoms with Crippen molar-refractivity contribution in [2.24, 2.45) is 0 Å². The molecule has 0 bridgehead atoms. The van der Waals surface area contributed by atoms with Gasteiger partial charge in [-0.15, -0.1) is 0 Å². The van der Waals surface area contributed by atoms with Crippen molar-refractivity contribution in [3.05, 3.63) is 23.8 Å². The van der Waals surface area contributed by atoms with Crippen LogP contribution in [0.1, 0.15) is 19.4 Å². The maximum absolute atomic E-state index is 6.05. The Morgan fingerprint density at radius 1 is 1.27 bits per heavy atom. The van der Waals surface area contributed by atoms with Gasteiger partial charge in [-0.1, -0.05) is 6.07 Å². The molecular formula is C17H29N3O2. The number of hydrogen-bond acceptors (Lipinski definition) is 5. The summed E-state index contributed by atoms with van der Waals surface area (Å²) >= 11 is 0. The van der Waals surface area contributed by atoms with Crippen LogP contribution in [0.3, 0.4) is 0 Å². The number of nitrogens with one attached hydrogen (secondary N) is 2. The summed E-state index contributed by atoms with van der Waals surface area (Å²) in [6, 6.07) is 6.54. The van der Waals surface area contributed by atoms with E-state index in [4.69, 9.17) is 9.47 Å². The van der Waals surface area contributed by atoms with Crippen LogP contribution in [-0.2, 0) is 11.3 Å². The van der Waals surface area contributed by atoms with Crippen molar-refractivity contribution >= 4 is 5.69 Å². The zero-order valence-corrected chi connectivity index (χ0v) is 14.0. The quantitative estimate of drug-likeness (QED) is 0.715. The largest absolute Gasteiger partial charge is 0.489 e. The molecule has 1 aromatic rings. The molecular weight excluding hydrogens is 278 g/mol. The minimum Gasteiger partial charge on any atom is -0.489 e. The molecule has 22 heavy (non-hydrogen) atoms. The van der Waals surface area contributed by atoms with Crippen LogP contribution in [-0.4, -0.2) is 52.5 Å². The van der Waals surface area contributed by atoms with E-state index in [2.05, 4.69) is 47.6 Å². The molecule has 0 amide bonds. The highest BCUT2D eigenvalue weighted by Crippen LogP contribution is 2.30. The molecule has 0 saturated carbocycles. The number of hydrogen-bond donors (Lipinski definition) is 2. The maximum atomic E-state index is 6.05. The van der Waals surface area contributed by atoms with Gasteiger partial charge in [-0.25, -0.2) is 0 Å². The second-order valence-electron chi connectivity index (χ2n) is 5.88. The molecule has 1 fully saturated rings. The van der Waals surface area contributed by atoms with E-state index < -0.39 is 0 Å². The Bertz CT molecular complexity index is 446. The lowest BCUT2D eigenvalue weighted by Gasteiger charge is -2.31. The van der Waals surface area contributed by atoms with E-state index in [1.165, 1.54) is 11.3 Å². The molecule has 0 aromatic heterocycles. The summed E-state index contributed by atoms with van der Waals surface area (Å²) in [5, 5.41) is 6.77. The van der Waals surface area contributed by atoms with Gasteiger partial charge in [0, 0.05) is 46.4 Å². The molecule has 0 radical (unpaired) electrons. The van der Waals surface area contributed by atoms with Gasteiger partial charge in [0.2, 0.25) is 0 Å². The maximum Gasteiger partial charge on any atom is 0.143 e. The summed E-state index contributed by atoms with van der Waals surface area (Å²) < 4.78 is 11.1. The van der Waals surface area contributed by atoms with Gasteiger partial charge in [0.25, 0.3) is 0 Å². The van der Waals surface area contributed by atoms with Gasteiger partial charge in [-0.3, -0.25) is 0 Å². The lowest BCUT2D eigenvalue weighted by Crippen LogP contribution is -2.43. The third-order valence-electron chi connectivity index (χ3n) is 3.66. The van der Waals surface area contributed by atoms with Gasteiger partial charge < -0.3 is 25.0 Å². The smallest absolute Gasteiger partial charge is 0.143 e. The van der Waals surface area contributed by atoms with Crippen LogP contribution >= 0.6 is 0 Å². The Balaban J connectivity index is 2.07. The average molecular weight is 307 g/mol. The van der Waals surface area contributed by atoms with Crippen LogP contribution in [0.25, 0.3) is 0 Å². The molecule has 1 heterocycles. The van der Waals surface area contributed by atoms with E-state index in [-0.39, 0.29) is 6.10 Å². The SMILES string of the molecule is COCCNCc1ccc(N2CCNCC2)c(OC(C)C)c1. The standard InChI is InChI=1S/C17H29N3O2/c1-14(2)22-17-12-15(13-19-8-11-21-3)4-5-16(17)20-9-6-18-7-10-20/h4-5,12,14,18-19H,6-11,13H2,1-3H3. The number of benzene rings is 1. The number of ether oxygens (including phenoxy) is 2. The zero-order valence-electron chi connectivity index (χ0n) is 14.0. The van der Waals surface area contributed by atoms with Crippen molar-refractivity contribution in [3.8, 4) is 5.75 Å². The molecule has 1 saturated heterocycles. The summed E-state index contributed by atoms with van der Waals surface area (Å²) in [6.07, 6.45) is 0.179. The third-order valence-corrected chi connectivity index (χ3v) is 3.66. The first-order chi connectivity index (χ1) is 10.7. The molecule has 0 spiro atoms. The lowest BCUT2D eigenvalue weighted by molar-refractivity contribution is 0.199. The van der Waals surface area contributed by atoms with Crippen molar-refractivity contribution < 1.29 is 9.47 Å². The van der Waals surface area contributed by atoms with Crippen LogP contribution in [0, 0.1) is 0 Å². The molecule has 5 nitrogen and oxygen atoms in total. The number of anilines is 1. The Hall–Kier alpha value is -1.30. The van der Waals surface area contributed by atoms with Gasteiger partial charge in [0.05, 0.1) is 18.4 Å². The number of rotatable bonds is 8. The number of methoxy groups -OCH3 is 1. The molecule has 1 aliphatic heterocycles. The minimum absolute atomic E-state index is 0.179. The highest BCUT2D eigenvalue weighted by Gasteiger charge is 2.16. The van der Waals surface area contributed by atoms with E-state index >= 15 is 0 Å². The van der Waals surface area contributed by atoms with Crippen molar-refractivity contribution in [3.63, 3.8) is 0 Å². The van der Waals surface area contributed by atoms with E-state index in [0.717, 1.165) is 51.6 Å². The summed E-state index contributed by atoms with van der Waals surface area (Å²) in [7, 11) is 1.72. The first-order valence-corrected chi connectivity index (χ1v) is 8.15. The highest BCUT2D eigenvalue weighted by molar-refractivity contribution is 5.60. The van der Waals surface area contributed by atoms with Gasteiger partial charge in [-0.05, 0) is 31.5 Å². The Morgan fingerprint density at radius 3 is 2.73 bits per heavy atom. The van der Waals surface area contributed by atoms with Gasteiger partial charge in [0.1, 0.15) is 5.75 Å². The van der Waals surface area contributed by atoms with Crippen molar-refractivity contribution in [1.29, 1.82) is 0 Å². The topological polar surface area (TPSA) is 45.8 Å². The predicted octanol–water partition coefficient (Wildman–Crippen LogP) is 1.62. The van der Waals surface area contributed by atoms with Crippen LogP contribution in [0.4, 0.5) is 5.69 Å². The fraction of sp³-hybridized carbons (Fsp3) is 0.647. The minimum atomic E-state index is 0.179. The third kappa shape index (κ3) is 5.16. The molecule has 2 rings (SSSR count). The lowest BCUT2D eigenvalue weighted by atomic mass is 10.1. The van der Waals surface area contributed by atoms with Crippen LogP contribution < -0.4 is 20.3 Å². The Kier molecular flexibility index (Phi) is 6.96. The van der Waals surface area contributed by atoms with Gasteiger partial charge in [0.15, 0.2) is 0 Å². The molecule has 0 atom stereocenters. The summed E-state index contributed by atoms with van der Waals surface area (Å²) in [5.74, 6) is 0.989. The van der Waals surface area contributed by atoms with Crippen molar-refractivity contribution in [2.45, 2.75) is 26.5 Å². The van der Waals surface area contributed by atoms with Crippen molar-refractivity contribution in [1.82, 2.24) is 10.6 Å². The van der Waals surface area contributed by atoms with Gasteiger partial charge in [-0.2, -0.15) is 0 Å². The van der Waals surface area contributed by atoms with E-state index in [1.807, 2.05) is 0 Å². The van der Waals surface area contributed by atoms with Crippen LogP contribution in [0.15, 0.2) is 18.2 Å². The van der Waals surface area contributed by atoms with Crippen molar-refractivity contribution in [2.75, 3.05) is 51.3 Å². The predicted molar refractivity (Wildman–Crippen MR) is 90.9 cm³/mol. The Labute approximate surface area is 134 Å². The summed E-state index contributed by atoms with van der Waals surface area (Å²) in [5.41, 5.74) is 2.45. The molecule has 124 valence electrons. The van der Waals surface area contributed by atoms with Gasteiger partial charge >= 0.3 is 0 Å². The Morgan fingerprint density at radius 2 is 2.05 bits per heavy atom. The molecule has 1 aromatic carbocycles. The van der Waals surface area contributed by atoms with Crippen LogP contribution in [0.5, 0.6) is 5.75 Å². The first-order valence-electron chi connectivity index (χ1n) is 8.15. The molecule has 5 heteroatoms. The molecule has 2 N–H and O–H groups in total. The second kappa shape index (κ2) is 8.98. The van der Waals surface area contributed by atoms with E-state index in [1.54, 1.807) is 7.11 Å². The highest BCUT2D eigenvalue weighted by atomic mass is 16.5. The first kappa shape index (κ1) is 17.1. The summed E-state index contributed by atoms with van der Waals surface area (Å²) in [4.78, 5) is 2.40. The fourth-order valence-corrected chi connectivity index (χ4v) is 2.59. The molecule has 0 unspecified atom stereocenters. The fourth-order valence-electron chi connectivity index (χ4n) is 2.59. The normalized spacial score (nSPS) is 15.4. The zero-order chi connectivity index (χ0) is 15.8. The average Bonchev–Trinajstić information content (AvgIpc) is 2.52. The monoisotopic (exact) mass is 307 g/mol.